The van der Waals surface area contributed by atoms with Crippen LogP contribution in [0.15, 0.2) is 0 Å². The molecular formula is C13H23NO. The van der Waals surface area contributed by atoms with Gasteiger partial charge in [0.2, 0.25) is 0 Å². The minimum absolute atomic E-state index is 0.446. The highest BCUT2D eigenvalue weighted by Gasteiger charge is 2.37. The van der Waals surface area contributed by atoms with E-state index in [0.29, 0.717) is 5.78 Å². The molecule has 0 saturated carbocycles. The van der Waals surface area contributed by atoms with Gasteiger partial charge >= 0.3 is 0 Å². The van der Waals surface area contributed by atoms with Crippen LogP contribution in [0, 0.1) is 5.92 Å². The lowest BCUT2D eigenvalue weighted by atomic mass is 9.87. The van der Waals surface area contributed by atoms with Crippen molar-refractivity contribution < 1.29 is 4.79 Å². The lowest BCUT2D eigenvalue weighted by Gasteiger charge is -2.36. The van der Waals surface area contributed by atoms with Crippen molar-refractivity contribution in [3.63, 3.8) is 0 Å². The van der Waals surface area contributed by atoms with Gasteiger partial charge in [0.05, 0.1) is 0 Å². The topological polar surface area (TPSA) is 20.3 Å². The van der Waals surface area contributed by atoms with Crippen LogP contribution in [0.25, 0.3) is 0 Å². The minimum Gasteiger partial charge on any atom is -0.300 e. The Kier molecular flexibility index (Phi) is 3.45. The number of hydrogen-bond acceptors (Lipinski definition) is 2. The van der Waals surface area contributed by atoms with Crippen molar-refractivity contribution >= 4 is 5.78 Å². The first-order valence-electron chi connectivity index (χ1n) is 6.44. The number of nitrogens with zero attached hydrogens (tertiary/aromatic N) is 1. The van der Waals surface area contributed by atoms with Crippen LogP contribution in [0.2, 0.25) is 0 Å². The van der Waals surface area contributed by atoms with Gasteiger partial charge in [0.15, 0.2) is 0 Å². The molecule has 2 nitrogen and oxygen atoms in total. The summed E-state index contributed by atoms with van der Waals surface area (Å²) in [6.07, 6.45) is 8.14. The Morgan fingerprint density at radius 3 is 2.40 bits per heavy atom. The van der Waals surface area contributed by atoms with E-state index >= 15 is 0 Å². The van der Waals surface area contributed by atoms with Gasteiger partial charge in [0.25, 0.3) is 0 Å². The van der Waals surface area contributed by atoms with Crippen LogP contribution in [0.5, 0.6) is 0 Å². The fourth-order valence-corrected chi connectivity index (χ4v) is 3.30. The summed E-state index contributed by atoms with van der Waals surface area (Å²) >= 11 is 0. The number of rotatable bonds is 4. The van der Waals surface area contributed by atoms with Crippen LogP contribution in [0.3, 0.4) is 0 Å². The predicted molar refractivity (Wildman–Crippen MR) is 61.8 cm³/mol. The highest BCUT2D eigenvalue weighted by molar-refractivity contribution is 5.77. The molecule has 2 rings (SSSR count). The molecule has 0 aromatic carbocycles. The van der Waals surface area contributed by atoms with Crippen molar-refractivity contribution in [1.82, 2.24) is 4.90 Å². The maximum Gasteiger partial charge on any atom is 0.132 e. The molecule has 0 amide bonds. The van der Waals surface area contributed by atoms with Gasteiger partial charge in [-0.3, -0.25) is 4.79 Å². The summed E-state index contributed by atoms with van der Waals surface area (Å²) < 4.78 is 0. The maximum absolute atomic E-state index is 11.3. The molecule has 0 N–H and O–H groups in total. The van der Waals surface area contributed by atoms with Gasteiger partial charge in [-0.05, 0) is 45.1 Å². The largest absolute Gasteiger partial charge is 0.300 e. The summed E-state index contributed by atoms with van der Waals surface area (Å²) in [5, 5.41) is 0. The maximum atomic E-state index is 11.3. The lowest BCUT2D eigenvalue weighted by molar-refractivity contribution is -0.119. The number of ketones is 1. The van der Waals surface area contributed by atoms with E-state index in [1.165, 1.54) is 25.7 Å². The molecule has 2 saturated heterocycles. The molecule has 2 aliphatic heterocycles. The highest BCUT2D eigenvalue weighted by atomic mass is 16.1. The fourth-order valence-electron chi connectivity index (χ4n) is 3.30. The summed E-state index contributed by atoms with van der Waals surface area (Å²) in [4.78, 5) is 13.9. The van der Waals surface area contributed by atoms with Crippen LogP contribution < -0.4 is 0 Å². The number of fused-ring (bicyclic) bond motifs is 2. The second-order valence-electron chi connectivity index (χ2n) is 5.32. The van der Waals surface area contributed by atoms with Crippen LogP contribution in [-0.2, 0) is 4.79 Å². The van der Waals surface area contributed by atoms with Crippen LogP contribution in [-0.4, -0.2) is 29.8 Å². The van der Waals surface area contributed by atoms with Crippen molar-refractivity contribution in [2.75, 3.05) is 7.05 Å². The van der Waals surface area contributed by atoms with Crippen LogP contribution in [0.1, 0.15) is 51.9 Å². The monoisotopic (exact) mass is 209 g/mol. The van der Waals surface area contributed by atoms with E-state index in [1.807, 2.05) is 6.92 Å². The van der Waals surface area contributed by atoms with Gasteiger partial charge in [-0.2, -0.15) is 0 Å². The zero-order valence-corrected chi connectivity index (χ0v) is 10.0. The van der Waals surface area contributed by atoms with E-state index < -0.39 is 0 Å². The average molecular weight is 209 g/mol. The Bertz CT molecular complexity index is 225. The summed E-state index contributed by atoms with van der Waals surface area (Å²) in [5.41, 5.74) is 0. The number of hydrogen-bond donors (Lipinski definition) is 0. The van der Waals surface area contributed by atoms with Crippen molar-refractivity contribution in [3.05, 3.63) is 0 Å². The smallest absolute Gasteiger partial charge is 0.132 e. The Hall–Kier alpha value is -0.370. The van der Waals surface area contributed by atoms with Crippen molar-refractivity contribution in [2.24, 2.45) is 5.92 Å². The number of Topliss-reactive ketones (excluding diaryl/α,β-unsaturated/α-hetero) is 1. The summed E-state index contributed by atoms with van der Waals surface area (Å²) in [5.74, 6) is 1.27. The van der Waals surface area contributed by atoms with Crippen molar-refractivity contribution in [3.8, 4) is 0 Å². The third kappa shape index (κ3) is 2.41. The standard InChI is InChI=1S/C13H23NO/c1-3-13(15)7-4-10-8-11-5-6-12(9-10)14(11)2/h10-12H,3-9H2,1-2H3/t10?,11-,12+. The van der Waals surface area contributed by atoms with E-state index in [1.54, 1.807) is 0 Å². The summed E-state index contributed by atoms with van der Waals surface area (Å²) in [6, 6.07) is 1.65. The molecule has 15 heavy (non-hydrogen) atoms. The molecule has 0 aromatic rings. The second-order valence-corrected chi connectivity index (χ2v) is 5.32. The highest BCUT2D eigenvalue weighted by Crippen LogP contribution is 2.39. The quantitative estimate of drug-likeness (QED) is 0.709. The number of carbonyl (C=O) groups is 1. The number of carbonyl (C=O) groups excluding carboxylic acids is 1. The SMILES string of the molecule is CCC(=O)CCC1C[C@H]2CC[C@@H](C1)N2C. The van der Waals surface area contributed by atoms with Crippen LogP contribution in [0.4, 0.5) is 0 Å². The first-order valence-corrected chi connectivity index (χ1v) is 6.44. The van der Waals surface area contributed by atoms with Gasteiger partial charge in [0.1, 0.15) is 5.78 Å². The Morgan fingerprint density at radius 1 is 1.27 bits per heavy atom. The van der Waals surface area contributed by atoms with Crippen molar-refractivity contribution in [1.29, 1.82) is 0 Å². The fraction of sp³-hybridized carbons (Fsp3) is 0.923. The molecule has 0 spiro atoms. The molecule has 0 aliphatic carbocycles. The van der Waals surface area contributed by atoms with Crippen molar-refractivity contribution in [2.45, 2.75) is 64.0 Å². The molecule has 2 bridgehead atoms. The summed E-state index contributed by atoms with van der Waals surface area (Å²) in [6.45, 7) is 1.97. The zero-order chi connectivity index (χ0) is 10.8. The molecule has 2 aliphatic rings. The molecule has 3 atom stereocenters. The van der Waals surface area contributed by atoms with Gasteiger partial charge in [0, 0.05) is 24.9 Å². The Morgan fingerprint density at radius 2 is 1.87 bits per heavy atom. The number of piperidine rings is 1. The second kappa shape index (κ2) is 4.65. The predicted octanol–water partition coefficient (Wildman–Crippen LogP) is 2.62. The van der Waals surface area contributed by atoms with Gasteiger partial charge in [-0.1, -0.05) is 6.92 Å². The van der Waals surface area contributed by atoms with Crippen LogP contribution >= 0.6 is 0 Å². The zero-order valence-electron chi connectivity index (χ0n) is 10.0. The van der Waals surface area contributed by atoms with Gasteiger partial charge < -0.3 is 4.90 Å². The average Bonchev–Trinajstić information content (AvgIpc) is 2.50. The van der Waals surface area contributed by atoms with E-state index in [2.05, 4.69) is 11.9 Å². The molecule has 2 heterocycles. The van der Waals surface area contributed by atoms with E-state index in [4.69, 9.17) is 0 Å². The molecule has 86 valence electrons. The molecular weight excluding hydrogens is 186 g/mol. The Labute approximate surface area is 93.0 Å². The Balaban J connectivity index is 1.79. The first kappa shape index (κ1) is 11.1. The first-order chi connectivity index (χ1) is 7.20. The molecule has 2 fully saturated rings. The van der Waals surface area contributed by atoms with Gasteiger partial charge in [-0.25, -0.2) is 0 Å². The normalized spacial score (nSPS) is 35.7. The molecule has 0 aromatic heterocycles. The van der Waals surface area contributed by atoms with Gasteiger partial charge in [-0.15, -0.1) is 0 Å². The van der Waals surface area contributed by atoms with E-state index in [0.717, 1.165) is 37.3 Å². The third-order valence-corrected chi connectivity index (χ3v) is 4.42. The molecule has 0 radical (unpaired) electrons. The molecule has 2 heteroatoms. The minimum atomic E-state index is 0.446. The van der Waals surface area contributed by atoms with E-state index in [9.17, 15) is 4.79 Å². The lowest BCUT2D eigenvalue weighted by Crippen LogP contribution is -2.39. The molecule has 1 unspecified atom stereocenters. The summed E-state index contributed by atoms with van der Waals surface area (Å²) in [7, 11) is 2.27. The van der Waals surface area contributed by atoms with E-state index in [-0.39, 0.29) is 0 Å². The third-order valence-electron chi connectivity index (χ3n) is 4.42.